The fraction of sp³-hybridized carbons (Fsp3) is 0.226. The van der Waals surface area contributed by atoms with Crippen LogP contribution in [-0.2, 0) is 10.8 Å². The van der Waals surface area contributed by atoms with Crippen LogP contribution in [-0.4, -0.2) is 14.1 Å². The van der Waals surface area contributed by atoms with Crippen molar-refractivity contribution >= 4 is 32.8 Å². The minimum Gasteiger partial charge on any atom is -0.458 e. The number of fused-ring (bicyclic) bond motifs is 4. The molecular formula is C62H60N4O. The second-order valence-corrected chi connectivity index (χ2v) is 21.0. The number of hydrogen-bond acceptors (Lipinski definition) is 2. The Labute approximate surface area is 401 Å². The molecule has 0 aliphatic heterocycles. The molecule has 334 valence electrons. The summed E-state index contributed by atoms with van der Waals surface area (Å²) in [6, 6.07) is 49.6. The van der Waals surface area contributed by atoms with Gasteiger partial charge in [-0.05, 0) is 110 Å². The number of imidazole rings is 1. The van der Waals surface area contributed by atoms with Gasteiger partial charge < -0.3 is 4.74 Å². The van der Waals surface area contributed by atoms with Crippen LogP contribution in [0.3, 0.4) is 0 Å². The maximum atomic E-state index is 9.13. The van der Waals surface area contributed by atoms with E-state index >= 15 is 0 Å². The van der Waals surface area contributed by atoms with Crippen LogP contribution in [0.4, 0.5) is 0 Å². The average Bonchev–Trinajstić information content (AvgIpc) is 3.90. The summed E-state index contributed by atoms with van der Waals surface area (Å²) in [5, 5.41) is 1.12. The molecule has 1 unspecified atom stereocenters. The normalized spacial score (nSPS) is 13.7. The van der Waals surface area contributed by atoms with E-state index in [1.807, 2.05) is 53.1 Å². The van der Waals surface area contributed by atoms with Crippen LogP contribution in [0.5, 0.6) is 11.5 Å². The van der Waals surface area contributed by atoms with E-state index in [1.54, 1.807) is 6.20 Å². The van der Waals surface area contributed by atoms with Crippen molar-refractivity contribution in [2.45, 2.75) is 86.0 Å². The average molecular weight is 881 g/mol. The molecule has 10 aromatic rings. The molecule has 0 spiro atoms. The van der Waals surface area contributed by atoms with Gasteiger partial charge in [-0.25, -0.2) is 4.98 Å². The summed E-state index contributed by atoms with van der Waals surface area (Å²) in [5.74, 6) is 1.90. The van der Waals surface area contributed by atoms with Crippen LogP contribution in [0.1, 0.15) is 97.3 Å². The smallest absolute Gasteiger partial charge is 0.269 e. The van der Waals surface area contributed by atoms with Gasteiger partial charge in [0.1, 0.15) is 17.3 Å². The Morgan fingerprint density at radius 1 is 0.597 bits per heavy atom. The predicted octanol–water partition coefficient (Wildman–Crippen LogP) is 16.1. The van der Waals surface area contributed by atoms with Crippen molar-refractivity contribution < 1.29 is 14.8 Å². The fourth-order valence-corrected chi connectivity index (χ4v) is 9.08. The summed E-state index contributed by atoms with van der Waals surface area (Å²) in [5.41, 5.74) is 12.8. The third kappa shape index (κ3) is 8.22. The van der Waals surface area contributed by atoms with Crippen molar-refractivity contribution in [2.75, 3.05) is 0 Å². The standard InChI is InChI=1S/C62H60N4O/c1-41(60(2,3)4)43-32-33-63-58(36-43)66-54-27-15-14-24-52(54)53-31-30-49(39-57(53)66)67-48-23-18-22-47(38-48)64-40-65(56-29-17-16-28-55(56)64)59-50(42-20-12-11-13-21-42)25-19-26-51(59)44-34-45(61(5,6)7)37-46(35-44)62(8,9)10/h11-39,41H,1-10H3/i14D,15D,24D,27D. The molecule has 3 heterocycles. The largest absolute Gasteiger partial charge is 0.458 e. The lowest BCUT2D eigenvalue weighted by atomic mass is 9.78. The van der Waals surface area contributed by atoms with Gasteiger partial charge >= 0.3 is 0 Å². The Morgan fingerprint density at radius 2 is 1.27 bits per heavy atom. The molecule has 3 aromatic heterocycles. The minimum atomic E-state index is -0.293. The Hall–Kier alpha value is -7.24. The van der Waals surface area contributed by atoms with Crippen LogP contribution >= 0.6 is 0 Å². The summed E-state index contributed by atoms with van der Waals surface area (Å²) in [6.45, 7) is 22.5. The summed E-state index contributed by atoms with van der Waals surface area (Å²) in [6.07, 6.45) is 5.61. The fourth-order valence-electron chi connectivity index (χ4n) is 9.08. The van der Waals surface area contributed by atoms with Gasteiger partial charge in [0.05, 0.1) is 38.9 Å². The molecule has 0 saturated carbocycles. The molecule has 67 heavy (non-hydrogen) atoms. The Kier molecular flexibility index (Phi) is 9.64. The second kappa shape index (κ2) is 16.6. The topological polar surface area (TPSA) is 35.9 Å². The van der Waals surface area contributed by atoms with E-state index < -0.39 is 0 Å². The van der Waals surface area contributed by atoms with Crippen LogP contribution in [0.15, 0.2) is 176 Å². The van der Waals surface area contributed by atoms with Crippen molar-refractivity contribution in [3.8, 4) is 50.9 Å². The van der Waals surface area contributed by atoms with Gasteiger partial charge in [-0.1, -0.05) is 184 Å². The zero-order valence-electron chi connectivity index (χ0n) is 44.2. The lowest BCUT2D eigenvalue weighted by Crippen LogP contribution is -2.31. The zero-order chi connectivity index (χ0) is 50.3. The van der Waals surface area contributed by atoms with Gasteiger partial charge in [0.25, 0.3) is 6.33 Å². The molecule has 0 fully saturated rings. The Morgan fingerprint density at radius 3 is 2.00 bits per heavy atom. The van der Waals surface area contributed by atoms with Crippen molar-refractivity contribution in [3.05, 3.63) is 199 Å². The number of benzene rings is 7. The van der Waals surface area contributed by atoms with E-state index in [0.29, 0.717) is 39.1 Å². The number of rotatable bonds is 8. The lowest BCUT2D eigenvalue weighted by molar-refractivity contribution is -0.571. The molecule has 0 amide bonds. The van der Waals surface area contributed by atoms with Gasteiger partial charge in [0, 0.05) is 23.0 Å². The molecule has 0 bridgehead atoms. The van der Waals surface area contributed by atoms with E-state index in [2.05, 4.69) is 182 Å². The van der Waals surface area contributed by atoms with Gasteiger partial charge in [0.2, 0.25) is 0 Å². The third-order valence-electron chi connectivity index (χ3n) is 13.4. The highest BCUT2D eigenvalue weighted by Gasteiger charge is 2.26. The highest BCUT2D eigenvalue weighted by molar-refractivity contribution is 6.09. The van der Waals surface area contributed by atoms with E-state index in [0.717, 1.165) is 50.2 Å². The molecule has 0 saturated heterocycles. The van der Waals surface area contributed by atoms with Crippen LogP contribution < -0.4 is 9.30 Å². The summed E-state index contributed by atoms with van der Waals surface area (Å²) in [7, 11) is 0. The molecule has 0 N–H and O–H groups in total. The molecular weight excluding hydrogens is 817 g/mol. The van der Waals surface area contributed by atoms with Crippen molar-refractivity contribution in [1.29, 1.82) is 0 Å². The molecule has 0 aliphatic carbocycles. The van der Waals surface area contributed by atoms with Crippen molar-refractivity contribution in [3.63, 3.8) is 0 Å². The first kappa shape index (κ1) is 39.0. The zero-order valence-corrected chi connectivity index (χ0v) is 40.2. The molecule has 1 atom stereocenters. The first-order chi connectivity index (χ1) is 33.7. The third-order valence-corrected chi connectivity index (χ3v) is 13.4. The van der Waals surface area contributed by atoms with E-state index in [9.17, 15) is 0 Å². The number of nitrogens with zero attached hydrogens (tertiary/aromatic N) is 4. The molecule has 7 aromatic carbocycles. The van der Waals surface area contributed by atoms with Gasteiger partial charge in [-0.15, -0.1) is 0 Å². The highest BCUT2D eigenvalue weighted by Crippen LogP contribution is 2.41. The SMILES string of the molecule is [2H]c1c([2H])c([2H])c2c(c1[2H])c1ccc(Oc3cccc(-n4[c-][n+](-c5c(-c6ccccc6)cccc5-c5cc(C(C)(C)C)cc(C(C)(C)C)c5)c5ccccc54)c3)cc1n2-c1cc(C(C)C(C)(C)C)ccn1. The molecule has 5 nitrogen and oxygen atoms in total. The van der Waals surface area contributed by atoms with Gasteiger partial charge in [0.15, 0.2) is 0 Å². The summed E-state index contributed by atoms with van der Waals surface area (Å²) < 4.78 is 48.4. The van der Waals surface area contributed by atoms with Crippen LogP contribution in [0.2, 0.25) is 0 Å². The van der Waals surface area contributed by atoms with E-state index in [4.69, 9.17) is 15.2 Å². The van der Waals surface area contributed by atoms with Gasteiger partial charge in [-0.3, -0.25) is 13.7 Å². The number of para-hydroxylation sites is 4. The number of aromatic nitrogens is 4. The first-order valence-corrected chi connectivity index (χ1v) is 23.3. The van der Waals surface area contributed by atoms with Crippen LogP contribution in [0, 0.1) is 11.7 Å². The molecule has 0 aliphatic rings. The Balaban J connectivity index is 1.12. The summed E-state index contributed by atoms with van der Waals surface area (Å²) >= 11 is 0. The maximum absolute atomic E-state index is 9.13. The maximum Gasteiger partial charge on any atom is 0.269 e. The van der Waals surface area contributed by atoms with Gasteiger partial charge in [-0.2, -0.15) is 0 Å². The monoisotopic (exact) mass is 881 g/mol. The number of ether oxygens (including phenoxy) is 1. The highest BCUT2D eigenvalue weighted by atomic mass is 16.5. The van der Waals surface area contributed by atoms with Crippen molar-refractivity contribution in [2.24, 2.45) is 5.41 Å². The predicted molar refractivity (Wildman–Crippen MR) is 278 cm³/mol. The van der Waals surface area contributed by atoms with E-state index in [-0.39, 0.29) is 46.3 Å². The van der Waals surface area contributed by atoms with Crippen LogP contribution in [0.25, 0.3) is 72.3 Å². The quantitative estimate of drug-likeness (QED) is 0.113. The van der Waals surface area contributed by atoms with Crippen molar-refractivity contribution in [1.82, 2.24) is 14.1 Å². The number of hydrogen-bond donors (Lipinski definition) is 0. The molecule has 10 rings (SSSR count). The molecule has 0 radical (unpaired) electrons. The minimum absolute atomic E-state index is 0.0198. The lowest BCUT2D eigenvalue weighted by Gasteiger charge is -2.27. The number of pyridine rings is 1. The Bertz CT molecular complexity index is 3670. The molecule has 5 heteroatoms. The first-order valence-electron chi connectivity index (χ1n) is 25.3. The summed E-state index contributed by atoms with van der Waals surface area (Å²) in [4.78, 5) is 4.81. The second-order valence-electron chi connectivity index (χ2n) is 21.0. The van der Waals surface area contributed by atoms with E-state index in [1.165, 1.54) is 11.1 Å².